The van der Waals surface area contributed by atoms with E-state index < -0.39 is 0 Å². The predicted molar refractivity (Wildman–Crippen MR) is 85.7 cm³/mol. The molecule has 0 fully saturated rings. The first-order valence-electron chi connectivity index (χ1n) is 7.00. The number of hydrogen-bond donors (Lipinski definition) is 1. The summed E-state index contributed by atoms with van der Waals surface area (Å²) in [6.45, 7) is 1.35. The van der Waals surface area contributed by atoms with Gasteiger partial charge in [0.2, 0.25) is 0 Å². The van der Waals surface area contributed by atoms with Crippen LogP contribution in [0.25, 0.3) is 0 Å². The van der Waals surface area contributed by atoms with Crippen LogP contribution in [0.2, 0.25) is 5.02 Å². The fourth-order valence-corrected chi connectivity index (χ4v) is 2.56. The van der Waals surface area contributed by atoms with Crippen molar-refractivity contribution in [2.45, 2.75) is 19.0 Å². The largest absolute Gasteiger partial charge is 0.324 e. The second-order valence-corrected chi connectivity index (χ2v) is 5.65. The van der Waals surface area contributed by atoms with Gasteiger partial charge in [-0.25, -0.2) is 4.39 Å². The third kappa shape index (κ3) is 4.53. The molecule has 2 N–H and O–H groups in total. The summed E-state index contributed by atoms with van der Waals surface area (Å²) in [5, 5.41) is 0.696. The van der Waals surface area contributed by atoms with E-state index in [1.807, 2.05) is 37.4 Å². The van der Waals surface area contributed by atoms with E-state index >= 15 is 0 Å². The van der Waals surface area contributed by atoms with Crippen LogP contribution in [0.3, 0.4) is 0 Å². The maximum atomic E-state index is 13.6. The lowest BCUT2D eigenvalue weighted by molar-refractivity contribution is 0.307. The van der Waals surface area contributed by atoms with E-state index in [2.05, 4.69) is 4.90 Å². The molecule has 0 aliphatic rings. The first-order chi connectivity index (χ1) is 10.1. The molecule has 0 heterocycles. The lowest BCUT2D eigenvalue weighted by atomic mass is 10.0. The molecule has 2 nitrogen and oxygen atoms in total. The average Bonchev–Trinajstić information content (AvgIpc) is 2.48. The molecule has 0 spiro atoms. The maximum Gasteiger partial charge on any atom is 0.127 e. The van der Waals surface area contributed by atoms with E-state index in [0.29, 0.717) is 17.1 Å². The topological polar surface area (TPSA) is 29.3 Å². The average molecular weight is 307 g/mol. The predicted octanol–water partition coefficient (Wildman–Crippen LogP) is 4.00. The van der Waals surface area contributed by atoms with Gasteiger partial charge < -0.3 is 10.6 Å². The number of halogens is 2. The number of nitrogens with zero attached hydrogens (tertiary/aromatic N) is 1. The summed E-state index contributed by atoms with van der Waals surface area (Å²) in [7, 11) is 1.96. The maximum absolute atomic E-state index is 13.6. The molecular weight excluding hydrogens is 287 g/mol. The first-order valence-corrected chi connectivity index (χ1v) is 7.37. The van der Waals surface area contributed by atoms with Crippen LogP contribution in [0.15, 0.2) is 48.5 Å². The van der Waals surface area contributed by atoms with Gasteiger partial charge in [-0.2, -0.15) is 0 Å². The van der Waals surface area contributed by atoms with E-state index in [9.17, 15) is 4.39 Å². The van der Waals surface area contributed by atoms with Crippen molar-refractivity contribution in [3.8, 4) is 0 Å². The normalized spacial score (nSPS) is 12.6. The Labute approximate surface area is 130 Å². The Hall–Kier alpha value is -1.42. The van der Waals surface area contributed by atoms with Gasteiger partial charge in [-0.1, -0.05) is 48.0 Å². The highest BCUT2D eigenvalue weighted by molar-refractivity contribution is 6.31. The summed E-state index contributed by atoms with van der Waals surface area (Å²) >= 11 is 6.14. The van der Waals surface area contributed by atoms with Gasteiger partial charge in [0.05, 0.1) is 0 Å². The minimum absolute atomic E-state index is 0.109. The monoisotopic (exact) mass is 306 g/mol. The molecule has 0 saturated heterocycles. The van der Waals surface area contributed by atoms with E-state index in [0.717, 1.165) is 18.5 Å². The second kappa shape index (κ2) is 7.55. The molecule has 0 aliphatic carbocycles. The molecule has 0 bridgehead atoms. The smallest absolute Gasteiger partial charge is 0.127 e. The Morgan fingerprint density at radius 1 is 1.14 bits per heavy atom. The molecule has 0 radical (unpaired) electrons. The zero-order chi connectivity index (χ0) is 15.2. The molecule has 1 atom stereocenters. The van der Waals surface area contributed by atoms with Crippen LogP contribution in [0.1, 0.15) is 23.6 Å². The summed E-state index contributed by atoms with van der Waals surface area (Å²) in [6, 6.07) is 14.4. The molecule has 4 heteroatoms. The summed E-state index contributed by atoms with van der Waals surface area (Å²) in [5.74, 6) is -0.167. The molecule has 0 saturated carbocycles. The highest BCUT2D eigenvalue weighted by atomic mass is 35.5. The van der Waals surface area contributed by atoms with Crippen LogP contribution in [0.4, 0.5) is 4.39 Å². The second-order valence-electron chi connectivity index (χ2n) is 5.25. The van der Waals surface area contributed by atoms with Gasteiger partial charge in [-0.05, 0) is 37.7 Å². The van der Waals surface area contributed by atoms with Gasteiger partial charge in [0.1, 0.15) is 5.82 Å². The number of rotatable bonds is 6. The Bertz CT molecular complexity index is 589. The van der Waals surface area contributed by atoms with Gasteiger partial charge in [-0.15, -0.1) is 0 Å². The quantitative estimate of drug-likeness (QED) is 0.874. The van der Waals surface area contributed by atoms with Gasteiger partial charge in [0, 0.05) is 23.2 Å². The van der Waals surface area contributed by atoms with Gasteiger partial charge in [0.25, 0.3) is 0 Å². The van der Waals surface area contributed by atoms with Crippen LogP contribution in [-0.4, -0.2) is 18.5 Å². The van der Waals surface area contributed by atoms with Crippen molar-refractivity contribution in [2.75, 3.05) is 13.6 Å². The fraction of sp³-hybridized carbons (Fsp3) is 0.294. The molecule has 2 aromatic carbocycles. The lowest BCUT2D eigenvalue weighted by Gasteiger charge is -2.20. The zero-order valence-electron chi connectivity index (χ0n) is 12.1. The molecule has 0 amide bonds. The highest BCUT2D eigenvalue weighted by Gasteiger charge is 2.11. The third-order valence-electron chi connectivity index (χ3n) is 3.52. The Morgan fingerprint density at radius 2 is 1.81 bits per heavy atom. The summed E-state index contributed by atoms with van der Waals surface area (Å²) in [4.78, 5) is 2.06. The standard InChI is InChI=1S/C17H20ClFN2/c1-21(12-13-6-2-5-9-16(13)19)11-10-17(20)14-7-3-4-8-15(14)18/h2-9,17H,10-12,20H2,1H3. The SMILES string of the molecule is CN(CCC(N)c1ccccc1Cl)Cc1ccccc1F. The van der Waals surface area contributed by atoms with Gasteiger partial charge >= 0.3 is 0 Å². The molecule has 0 aromatic heterocycles. The Kier molecular flexibility index (Phi) is 5.74. The first kappa shape index (κ1) is 16.0. The van der Waals surface area contributed by atoms with E-state index in [1.54, 1.807) is 12.1 Å². The van der Waals surface area contributed by atoms with Crippen molar-refractivity contribution in [3.05, 3.63) is 70.5 Å². The lowest BCUT2D eigenvalue weighted by Crippen LogP contribution is -2.24. The number of nitrogens with two attached hydrogens (primary N) is 1. The van der Waals surface area contributed by atoms with Crippen molar-refractivity contribution >= 4 is 11.6 Å². The van der Waals surface area contributed by atoms with Crippen LogP contribution >= 0.6 is 11.6 Å². The molecule has 0 aliphatic heterocycles. The Morgan fingerprint density at radius 3 is 2.52 bits per heavy atom. The van der Waals surface area contributed by atoms with Crippen molar-refractivity contribution < 1.29 is 4.39 Å². The van der Waals surface area contributed by atoms with E-state index in [1.165, 1.54) is 6.07 Å². The van der Waals surface area contributed by atoms with Crippen molar-refractivity contribution in [3.63, 3.8) is 0 Å². The highest BCUT2D eigenvalue weighted by Crippen LogP contribution is 2.23. The van der Waals surface area contributed by atoms with Crippen molar-refractivity contribution in [1.29, 1.82) is 0 Å². The molecule has 21 heavy (non-hydrogen) atoms. The fourth-order valence-electron chi connectivity index (χ4n) is 2.29. The summed E-state index contributed by atoms with van der Waals surface area (Å²) in [6.07, 6.45) is 0.773. The van der Waals surface area contributed by atoms with Crippen molar-refractivity contribution in [2.24, 2.45) is 5.73 Å². The minimum atomic E-state index is -0.167. The molecular formula is C17H20ClFN2. The Balaban J connectivity index is 1.88. The van der Waals surface area contributed by atoms with Crippen LogP contribution in [0.5, 0.6) is 0 Å². The van der Waals surface area contributed by atoms with Gasteiger partial charge in [-0.3, -0.25) is 0 Å². The zero-order valence-corrected chi connectivity index (χ0v) is 12.9. The molecule has 112 valence electrons. The van der Waals surface area contributed by atoms with Crippen LogP contribution < -0.4 is 5.73 Å². The molecule has 1 unspecified atom stereocenters. The molecule has 2 rings (SSSR count). The van der Waals surface area contributed by atoms with Gasteiger partial charge in [0.15, 0.2) is 0 Å². The minimum Gasteiger partial charge on any atom is -0.324 e. The number of benzene rings is 2. The van der Waals surface area contributed by atoms with Crippen LogP contribution in [-0.2, 0) is 6.54 Å². The third-order valence-corrected chi connectivity index (χ3v) is 3.87. The summed E-state index contributed by atoms with van der Waals surface area (Å²) < 4.78 is 13.6. The van der Waals surface area contributed by atoms with E-state index in [-0.39, 0.29) is 11.9 Å². The van der Waals surface area contributed by atoms with Crippen LogP contribution in [0, 0.1) is 5.82 Å². The number of hydrogen-bond acceptors (Lipinski definition) is 2. The molecule has 2 aromatic rings. The summed E-state index contributed by atoms with van der Waals surface area (Å²) in [5.41, 5.74) is 7.84. The van der Waals surface area contributed by atoms with Crippen molar-refractivity contribution in [1.82, 2.24) is 4.90 Å². The van der Waals surface area contributed by atoms with E-state index in [4.69, 9.17) is 17.3 Å².